The molecule has 1 aliphatic rings. The molecule has 0 saturated carbocycles. The van der Waals surface area contributed by atoms with Crippen LogP contribution in [0, 0.1) is 0 Å². The van der Waals surface area contributed by atoms with E-state index in [1.165, 1.54) is 4.31 Å². The van der Waals surface area contributed by atoms with Gasteiger partial charge in [-0.2, -0.15) is 22.1 Å². The van der Waals surface area contributed by atoms with Gasteiger partial charge in [0.25, 0.3) is 10.2 Å². The molecule has 7 nitrogen and oxygen atoms in total. The fourth-order valence-corrected chi connectivity index (χ4v) is 4.61. The summed E-state index contributed by atoms with van der Waals surface area (Å²) in [6.45, 7) is 5.26. The average molecular weight is 378 g/mol. The van der Waals surface area contributed by atoms with E-state index in [1.54, 1.807) is 24.6 Å². The average Bonchev–Trinajstić information content (AvgIpc) is 3.12. The van der Waals surface area contributed by atoms with E-state index in [9.17, 15) is 8.42 Å². The van der Waals surface area contributed by atoms with Crippen LogP contribution in [0.1, 0.15) is 44.2 Å². The minimum Gasteiger partial charge on any atom is -0.261 e. The lowest BCUT2D eigenvalue weighted by Crippen LogP contribution is -2.44. The maximum Gasteiger partial charge on any atom is 0.281 e. The first kappa shape index (κ1) is 19.0. The highest BCUT2D eigenvalue weighted by molar-refractivity contribution is 7.86. The molecule has 8 heteroatoms. The van der Waals surface area contributed by atoms with Crippen LogP contribution >= 0.6 is 0 Å². The van der Waals surface area contributed by atoms with Gasteiger partial charge in [-0.05, 0) is 56.4 Å². The quantitative estimate of drug-likeness (QED) is 0.803. The summed E-state index contributed by atoms with van der Waals surface area (Å²) in [5.41, 5.74) is 2.99. The Hall–Kier alpha value is -1.77. The van der Waals surface area contributed by atoms with Gasteiger partial charge >= 0.3 is 0 Å². The number of aromatic nitrogens is 3. The number of piperidine rings is 1. The first-order valence-electron chi connectivity index (χ1n) is 8.98. The lowest BCUT2D eigenvalue weighted by atomic mass is 9.91. The predicted molar refractivity (Wildman–Crippen MR) is 102 cm³/mol. The molecule has 1 saturated heterocycles. The highest BCUT2D eigenvalue weighted by atomic mass is 32.2. The molecular formula is C18H27N5O2S. The Morgan fingerprint density at radius 1 is 1.23 bits per heavy atom. The standard InChI is InChI=1S/C18H27N5O2S/c1-14(2)23-18(8-10-20-23)17-12-15(7-9-19-17)16-6-5-11-22(13-16)26(24,25)21(3)4/h7-10,12,14,16H,5-6,11,13H2,1-4H3/t16-/m0/s1. The first-order chi connectivity index (χ1) is 12.3. The van der Waals surface area contributed by atoms with Crippen molar-refractivity contribution in [1.82, 2.24) is 23.4 Å². The molecule has 0 N–H and O–H groups in total. The summed E-state index contributed by atoms with van der Waals surface area (Å²) in [7, 11) is -0.215. The molecule has 0 aliphatic carbocycles. The number of pyridine rings is 1. The monoisotopic (exact) mass is 377 g/mol. The highest BCUT2D eigenvalue weighted by Crippen LogP contribution is 2.31. The topological polar surface area (TPSA) is 71.3 Å². The molecule has 1 fully saturated rings. The second-order valence-corrected chi connectivity index (χ2v) is 9.36. The van der Waals surface area contributed by atoms with E-state index < -0.39 is 10.2 Å². The Balaban J connectivity index is 1.87. The molecular weight excluding hydrogens is 350 g/mol. The van der Waals surface area contributed by atoms with Crippen molar-refractivity contribution in [2.75, 3.05) is 27.2 Å². The second kappa shape index (κ2) is 7.46. The first-order valence-corrected chi connectivity index (χ1v) is 10.4. The van der Waals surface area contributed by atoms with Crippen LogP contribution in [0.2, 0.25) is 0 Å². The largest absolute Gasteiger partial charge is 0.281 e. The normalized spacial score (nSPS) is 19.4. The molecule has 2 aromatic heterocycles. The van der Waals surface area contributed by atoms with Crippen LogP contribution in [0.3, 0.4) is 0 Å². The molecule has 1 aliphatic heterocycles. The van der Waals surface area contributed by atoms with Crippen LogP contribution in [0.5, 0.6) is 0 Å². The minimum atomic E-state index is -3.38. The molecule has 0 bridgehead atoms. The highest BCUT2D eigenvalue weighted by Gasteiger charge is 2.31. The molecule has 0 aromatic carbocycles. The summed E-state index contributed by atoms with van der Waals surface area (Å²) in [4.78, 5) is 4.51. The van der Waals surface area contributed by atoms with E-state index in [0.29, 0.717) is 13.1 Å². The molecule has 142 valence electrons. The number of rotatable bonds is 5. The summed E-state index contributed by atoms with van der Waals surface area (Å²) in [5.74, 6) is 0.177. The van der Waals surface area contributed by atoms with Gasteiger partial charge in [-0.1, -0.05) is 0 Å². The Kier molecular flexibility index (Phi) is 5.45. The summed E-state index contributed by atoms with van der Waals surface area (Å²) >= 11 is 0. The van der Waals surface area contributed by atoms with E-state index >= 15 is 0 Å². The van der Waals surface area contributed by atoms with Gasteiger partial charge in [0.05, 0.1) is 11.4 Å². The van der Waals surface area contributed by atoms with Crippen molar-refractivity contribution in [2.24, 2.45) is 0 Å². The van der Waals surface area contributed by atoms with Crippen molar-refractivity contribution in [3.05, 3.63) is 36.2 Å². The maximum atomic E-state index is 12.5. The predicted octanol–water partition coefficient (Wildman–Crippen LogP) is 2.51. The Morgan fingerprint density at radius 2 is 2.00 bits per heavy atom. The van der Waals surface area contributed by atoms with Gasteiger partial charge < -0.3 is 0 Å². The third-order valence-electron chi connectivity index (χ3n) is 4.85. The lowest BCUT2D eigenvalue weighted by molar-refractivity contribution is 0.298. The molecule has 3 rings (SSSR count). The third kappa shape index (κ3) is 3.67. The maximum absolute atomic E-state index is 12.5. The van der Waals surface area contributed by atoms with E-state index in [1.807, 2.05) is 23.0 Å². The Bertz CT molecular complexity index is 860. The van der Waals surface area contributed by atoms with Crippen molar-refractivity contribution >= 4 is 10.2 Å². The van der Waals surface area contributed by atoms with E-state index in [4.69, 9.17) is 0 Å². The van der Waals surface area contributed by atoms with Crippen LogP contribution in [0.25, 0.3) is 11.4 Å². The molecule has 0 radical (unpaired) electrons. The van der Waals surface area contributed by atoms with Crippen LogP contribution in [-0.2, 0) is 10.2 Å². The van der Waals surface area contributed by atoms with Crippen LogP contribution in [-0.4, -0.2) is 59.0 Å². The second-order valence-electron chi connectivity index (χ2n) is 7.22. The summed E-state index contributed by atoms with van der Waals surface area (Å²) in [6, 6.07) is 6.29. The van der Waals surface area contributed by atoms with Gasteiger partial charge in [0, 0.05) is 45.6 Å². The molecule has 0 unspecified atom stereocenters. The lowest BCUT2D eigenvalue weighted by Gasteiger charge is -2.33. The molecule has 0 amide bonds. The summed E-state index contributed by atoms with van der Waals surface area (Å²) in [5, 5.41) is 4.38. The molecule has 0 spiro atoms. The van der Waals surface area contributed by atoms with Crippen molar-refractivity contribution in [3.8, 4) is 11.4 Å². The van der Waals surface area contributed by atoms with Gasteiger partial charge in [0.2, 0.25) is 0 Å². The number of hydrogen-bond donors (Lipinski definition) is 0. The van der Waals surface area contributed by atoms with Gasteiger partial charge in [-0.15, -0.1) is 0 Å². The summed E-state index contributed by atoms with van der Waals surface area (Å²) in [6.07, 6.45) is 5.43. The van der Waals surface area contributed by atoms with E-state index in [-0.39, 0.29) is 12.0 Å². The fourth-order valence-electron chi connectivity index (χ4n) is 3.42. The zero-order valence-electron chi connectivity index (χ0n) is 15.8. The third-order valence-corrected chi connectivity index (χ3v) is 6.76. The van der Waals surface area contributed by atoms with Crippen LogP contribution in [0.15, 0.2) is 30.6 Å². The Morgan fingerprint density at radius 3 is 2.69 bits per heavy atom. The van der Waals surface area contributed by atoms with Gasteiger partial charge in [0.15, 0.2) is 0 Å². The SMILES string of the molecule is CC(C)n1nccc1-c1cc([C@H]2CCCN(S(=O)(=O)N(C)C)C2)ccn1. The van der Waals surface area contributed by atoms with Crippen molar-refractivity contribution in [2.45, 2.75) is 38.6 Å². The van der Waals surface area contributed by atoms with Crippen molar-refractivity contribution < 1.29 is 8.42 Å². The summed E-state index contributed by atoms with van der Waals surface area (Å²) < 4.78 is 29.8. The van der Waals surface area contributed by atoms with Gasteiger partial charge in [-0.25, -0.2) is 0 Å². The van der Waals surface area contributed by atoms with E-state index in [2.05, 4.69) is 30.0 Å². The van der Waals surface area contributed by atoms with Crippen LogP contribution < -0.4 is 0 Å². The fraction of sp³-hybridized carbons (Fsp3) is 0.556. The van der Waals surface area contributed by atoms with Gasteiger partial charge in [0.1, 0.15) is 0 Å². The van der Waals surface area contributed by atoms with Crippen LogP contribution in [0.4, 0.5) is 0 Å². The number of hydrogen-bond acceptors (Lipinski definition) is 4. The molecule has 1 atom stereocenters. The zero-order chi connectivity index (χ0) is 18.9. The molecule has 26 heavy (non-hydrogen) atoms. The number of nitrogens with zero attached hydrogens (tertiary/aromatic N) is 5. The Labute approximate surface area is 155 Å². The smallest absolute Gasteiger partial charge is 0.261 e. The minimum absolute atomic E-state index is 0.177. The van der Waals surface area contributed by atoms with Crippen molar-refractivity contribution in [1.29, 1.82) is 0 Å². The van der Waals surface area contributed by atoms with Gasteiger partial charge in [-0.3, -0.25) is 9.67 Å². The van der Waals surface area contributed by atoms with E-state index in [0.717, 1.165) is 29.8 Å². The molecule has 2 aromatic rings. The van der Waals surface area contributed by atoms with Crippen molar-refractivity contribution in [3.63, 3.8) is 0 Å². The zero-order valence-corrected chi connectivity index (χ0v) is 16.6. The molecule has 3 heterocycles.